The maximum atomic E-state index is 2.37. The second kappa shape index (κ2) is 2.93. The van der Waals surface area contributed by atoms with Crippen LogP contribution < -0.4 is 0 Å². The highest BCUT2D eigenvalue weighted by Crippen LogP contribution is 2.40. The van der Waals surface area contributed by atoms with Gasteiger partial charge in [-0.3, -0.25) is 0 Å². The van der Waals surface area contributed by atoms with Crippen molar-refractivity contribution >= 4 is 0 Å². The van der Waals surface area contributed by atoms with Gasteiger partial charge in [0, 0.05) is 0 Å². The zero-order chi connectivity index (χ0) is 8.55. The Bertz CT molecular complexity index is 282. The van der Waals surface area contributed by atoms with E-state index in [9.17, 15) is 0 Å². The normalized spacial score (nSPS) is 16.5. The number of hydrogen-bond acceptors (Lipinski definition) is 0. The van der Waals surface area contributed by atoms with Gasteiger partial charge in [-0.25, -0.2) is 0 Å². The Morgan fingerprint density at radius 3 is 2.58 bits per heavy atom. The van der Waals surface area contributed by atoms with E-state index >= 15 is 0 Å². The molecular formula is C12H16. The molecule has 12 heavy (non-hydrogen) atoms. The summed E-state index contributed by atoms with van der Waals surface area (Å²) in [5.74, 6) is 0.898. The lowest BCUT2D eigenvalue weighted by molar-refractivity contribution is 1.07. The summed E-state index contributed by atoms with van der Waals surface area (Å²) in [4.78, 5) is 0. The molecule has 0 nitrogen and oxygen atoms in total. The number of aryl methyl sites for hydroxylation is 2. The van der Waals surface area contributed by atoms with E-state index in [2.05, 4.69) is 32.0 Å². The SMILES string of the molecule is CCc1ccc(C2CC2)cc1C. The summed E-state index contributed by atoms with van der Waals surface area (Å²) in [6.45, 7) is 4.45. The predicted molar refractivity (Wildman–Crippen MR) is 52.5 cm³/mol. The first-order chi connectivity index (χ1) is 5.81. The molecule has 1 aliphatic carbocycles. The standard InChI is InChI=1S/C12H16/c1-3-10-4-7-12(8-9(10)2)11-5-6-11/h4,7-8,11H,3,5-6H2,1-2H3. The predicted octanol–water partition coefficient (Wildman–Crippen LogP) is 3.43. The maximum Gasteiger partial charge on any atom is -0.0161 e. The van der Waals surface area contributed by atoms with E-state index in [0.29, 0.717) is 0 Å². The Kier molecular flexibility index (Phi) is 1.92. The van der Waals surface area contributed by atoms with Crippen LogP contribution in [0.15, 0.2) is 18.2 Å². The number of benzene rings is 1. The molecule has 0 spiro atoms. The van der Waals surface area contributed by atoms with Crippen LogP contribution in [0, 0.1) is 6.92 Å². The molecule has 64 valence electrons. The van der Waals surface area contributed by atoms with E-state index < -0.39 is 0 Å². The third-order valence-electron chi connectivity index (χ3n) is 2.80. The van der Waals surface area contributed by atoms with Gasteiger partial charge >= 0.3 is 0 Å². The Morgan fingerprint density at radius 1 is 1.33 bits per heavy atom. The minimum Gasteiger partial charge on any atom is -0.0613 e. The van der Waals surface area contributed by atoms with Gasteiger partial charge in [-0.05, 0) is 48.8 Å². The van der Waals surface area contributed by atoms with Gasteiger partial charge in [0.05, 0.1) is 0 Å². The van der Waals surface area contributed by atoms with Crippen molar-refractivity contribution in [3.8, 4) is 0 Å². The molecule has 0 unspecified atom stereocenters. The summed E-state index contributed by atoms with van der Waals surface area (Å²) in [5, 5.41) is 0. The van der Waals surface area contributed by atoms with Crippen molar-refractivity contribution in [3.63, 3.8) is 0 Å². The Hall–Kier alpha value is -0.780. The highest BCUT2D eigenvalue weighted by Gasteiger charge is 2.23. The lowest BCUT2D eigenvalue weighted by Crippen LogP contribution is -1.88. The molecule has 2 rings (SSSR count). The molecule has 1 aromatic carbocycles. The summed E-state index contributed by atoms with van der Waals surface area (Å²) in [6, 6.07) is 6.98. The van der Waals surface area contributed by atoms with E-state index in [1.807, 2.05) is 0 Å². The third kappa shape index (κ3) is 1.38. The van der Waals surface area contributed by atoms with E-state index in [1.165, 1.54) is 24.0 Å². The van der Waals surface area contributed by atoms with Crippen molar-refractivity contribution < 1.29 is 0 Å². The minimum atomic E-state index is 0.898. The van der Waals surface area contributed by atoms with Gasteiger partial charge in [-0.15, -0.1) is 0 Å². The van der Waals surface area contributed by atoms with Crippen LogP contribution in [0.2, 0.25) is 0 Å². The lowest BCUT2D eigenvalue weighted by atomic mass is 10.0. The van der Waals surface area contributed by atoms with Gasteiger partial charge in [0.15, 0.2) is 0 Å². The molecule has 1 fully saturated rings. The number of hydrogen-bond donors (Lipinski definition) is 0. The smallest absolute Gasteiger partial charge is 0.0161 e. The highest BCUT2D eigenvalue weighted by atomic mass is 14.3. The van der Waals surface area contributed by atoms with Gasteiger partial charge in [0.25, 0.3) is 0 Å². The Balaban J connectivity index is 2.30. The van der Waals surface area contributed by atoms with Crippen LogP contribution in [-0.2, 0) is 6.42 Å². The molecule has 0 N–H and O–H groups in total. The summed E-state index contributed by atoms with van der Waals surface area (Å²) < 4.78 is 0. The minimum absolute atomic E-state index is 0.898. The molecule has 0 aliphatic heterocycles. The first kappa shape index (κ1) is 7.85. The monoisotopic (exact) mass is 160 g/mol. The second-order valence-corrected chi connectivity index (χ2v) is 3.81. The molecule has 0 atom stereocenters. The van der Waals surface area contributed by atoms with E-state index in [1.54, 1.807) is 5.56 Å². The summed E-state index contributed by atoms with van der Waals surface area (Å²) >= 11 is 0. The van der Waals surface area contributed by atoms with Crippen molar-refractivity contribution in [3.05, 3.63) is 34.9 Å². The molecule has 0 amide bonds. The van der Waals surface area contributed by atoms with Gasteiger partial charge in [0.2, 0.25) is 0 Å². The molecular weight excluding hydrogens is 144 g/mol. The van der Waals surface area contributed by atoms with Crippen LogP contribution in [0.1, 0.15) is 42.4 Å². The van der Waals surface area contributed by atoms with Crippen molar-refractivity contribution in [1.82, 2.24) is 0 Å². The molecule has 0 heterocycles. The van der Waals surface area contributed by atoms with Crippen molar-refractivity contribution in [1.29, 1.82) is 0 Å². The Labute approximate surface area is 74.6 Å². The van der Waals surface area contributed by atoms with E-state index in [-0.39, 0.29) is 0 Å². The molecule has 1 saturated carbocycles. The fourth-order valence-electron chi connectivity index (χ4n) is 1.79. The average molecular weight is 160 g/mol. The van der Waals surface area contributed by atoms with Crippen LogP contribution in [-0.4, -0.2) is 0 Å². The topological polar surface area (TPSA) is 0 Å². The van der Waals surface area contributed by atoms with Crippen molar-refractivity contribution in [2.75, 3.05) is 0 Å². The summed E-state index contributed by atoms with van der Waals surface area (Å²) in [6.07, 6.45) is 3.98. The van der Waals surface area contributed by atoms with Gasteiger partial charge in [0.1, 0.15) is 0 Å². The summed E-state index contributed by atoms with van der Waals surface area (Å²) in [7, 11) is 0. The molecule has 0 heteroatoms. The van der Waals surface area contributed by atoms with E-state index in [4.69, 9.17) is 0 Å². The number of rotatable bonds is 2. The fraction of sp³-hybridized carbons (Fsp3) is 0.500. The molecule has 1 aromatic rings. The quantitative estimate of drug-likeness (QED) is 0.621. The highest BCUT2D eigenvalue weighted by molar-refractivity contribution is 5.34. The Morgan fingerprint density at radius 2 is 2.08 bits per heavy atom. The van der Waals surface area contributed by atoms with Gasteiger partial charge in [-0.2, -0.15) is 0 Å². The van der Waals surface area contributed by atoms with Gasteiger partial charge < -0.3 is 0 Å². The van der Waals surface area contributed by atoms with Crippen LogP contribution in [0.25, 0.3) is 0 Å². The first-order valence-corrected chi connectivity index (χ1v) is 4.90. The molecule has 0 aromatic heterocycles. The van der Waals surface area contributed by atoms with Crippen LogP contribution in [0.5, 0.6) is 0 Å². The molecule has 0 saturated heterocycles. The largest absolute Gasteiger partial charge is 0.0613 e. The average Bonchev–Trinajstić information content (AvgIpc) is 2.86. The molecule has 1 aliphatic rings. The second-order valence-electron chi connectivity index (χ2n) is 3.81. The van der Waals surface area contributed by atoms with Crippen LogP contribution >= 0.6 is 0 Å². The van der Waals surface area contributed by atoms with Crippen LogP contribution in [0.4, 0.5) is 0 Å². The van der Waals surface area contributed by atoms with Gasteiger partial charge in [-0.1, -0.05) is 25.1 Å². The first-order valence-electron chi connectivity index (χ1n) is 4.90. The van der Waals surface area contributed by atoms with Crippen LogP contribution in [0.3, 0.4) is 0 Å². The van der Waals surface area contributed by atoms with E-state index in [0.717, 1.165) is 12.3 Å². The zero-order valence-corrected chi connectivity index (χ0v) is 7.93. The maximum absolute atomic E-state index is 2.37. The zero-order valence-electron chi connectivity index (χ0n) is 7.93. The molecule has 0 radical (unpaired) electrons. The lowest BCUT2D eigenvalue weighted by Gasteiger charge is -2.05. The van der Waals surface area contributed by atoms with Crippen molar-refractivity contribution in [2.24, 2.45) is 0 Å². The fourth-order valence-corrected chi connectivity index (χ4v) is 1.79. The third-order valence-corrected chi connectivity index (χ3v) is 2.80. The summed E-state index contributed by atoms with van der Waals surface area (Å²) in [5.41, 5.74) is 4.53. The van der Waals surface area contributed by atoms with Crippen molar-refractivity contribution in [2.45, 2.75) is 39.0 Å². The molecule has 0 bridgehead atoms.